The maximum Gasteiger partial charge on any atom is 0.169 e. The van der Waals surface area contributed by atoms with Crippen LogP contribution in [0, 0.1) is 0 Å². The van der Waals surface area contributed by atoms with E-state index in [0.717, 1.165) is 17.3 Å². The maximum absolute atomic E-state index is 4.93. The molecule has 1 aliphatic rings. The number of hydrogen-bond acceptors (Lipinski definition) is 2. The van der Waals surface area contributed by atoms with Gasteiger partial charge in [-0.15, -0.1) is 0 Å². The highest BCUT2D eigenvalue weighted by atomic mass is 32.2. The molecular weight excluding hydrogens is 300 g/mol. The molecule has 0 bridgehead atoms. The van der Waals surface area contributed by atoms with Gasteiger partial charge in [0.15, 0.2) is 5.16 Å². The molecule has 3 aromatic rings. The fourth-order valence-electron chi connectivity index (χ4n) is 3.39. The molecule has 1 aromatic heterocycles. The summed E-state index contributed by atoms with van der Waals surface area (Å²) < 4.78 is 2.39. The Labute approximate surface area is 141 Å². The quantitative estimate of drug-likeness (QED) is 0.630. The Balaban J connectivity index is 1.69. The van der Waals surface area contributed by atoms with Crippen LogP contribution < -0.4 is 0 Å². The molecule has 0 N–H and O–H groups in total. The molecular formula is C20H22N2S. The lowest BCUT2D eigenvalue weighted by atomic mass is 10.0. The van der Waals surface area contributed by atoms with E-state index in [1.165, 1.54) is 48.3 Å². The predicted molar refractivity (Wildman–Crippen MR) is 98.0 cm³/mol. The van der Waals surface area contributed by atoms with Gasteiger partial charge in [-0.25, -0.2) is 4.98 Å². The van der Waals surface area contributed by atoms with Crippen LogP contribution in [0.1, 0.15) is 37.7 Å². The molecule has 1 saturated carbocycles. The van der Waals surface area contributed by atoms with E-state index in [4.69, 9.17) is 4.98 Å². The Hall–Kier alpha value is -1.74. The van der Waals surface area contributed by atoms with E-state index in [1.807, 2.05) is 11.8 Å². The van der Waals surface area contributed by atoms with Gasteiger partial charge in [-0.2, -0.15) is 0 Å². The number of fused-ring (bicyclic) bond motifs is 1. The van der Waals surface area contributed by atoms with Crippen LogP contribution in [0.3, 0.4) is 0 Å². The average Bonchev–Trinajstić information content (AvgIpc) is 2.94. The minimum Gasteiger partial charge on any atom is -0.314 e. The van der Waals surface area contributed by atoms with Gasteiger partial charge in [-0.1, -0.05) is 73.5 Å². The van der Waals surface area contributed by atoms with Gasteiger partial charge in [-0.05, 0) is 30.5 Å². The normalized spacial score (nSPS) is 16.0. The first-order valence-corrected chi connectivity index (χ1v) is 9.44. The first-order valence-electron chi connectivity index (χ1n) is 8.56. The lowest BCUT2D eigenvalue weighted by molar-refractivity contribution is 0.514. The molecule has 3 heteroatoms. The minimum absolute atomic E-state index is 0.732. The van der Waals surface area contributed by atoms with E-state index in [0.29, 0.717) is 0 Å². The van der Waals surface area contributed by atoms with Gasteiger partial charge in [0.25, 0.3) is 0 Å². The average molecular weight is 322 g/mol. The highest BCUT2D eigenvalue weighted by Gasteiger charge is 2.19. The Morgan fingerprint density at radius 3 is 2.48 bits per heavy atom. The molecule has 1 aliphatic carbocycles. The van der Waals surface area contributed by atoms with Crippen LogP contribution in [0.25, 0.3) is 11.0 Å². The van der Waals surface area contributed by atoms with Crippen LogP contribution >= 0.6 is 11.8 Å². The Kier molecular flexibility index (Phi) is 4.38. The SMILES string of the molecule is c1ccc(Cn2c(SC3CCCCC3)nc3ccccc32)cc1. The lowest BCUT2D eigenvalue weighted by Crippen LogP contribution is -2.10. The fourth-order valence-corrected chi connectivity index (χ4v) is 4.70. The molecule has 0 unspecified atom stereocenters. The summed E-state index contributed by atoms with van der Waals surface area (Å²) in [5.74, 6) is 0. The molecule has 118 valence electrons. The monoisotopic (exact) mass is 322 g/mol. The Morgan fingerprint density at radius 2 is 1.65 bits per heavy atom. The van der Waals surface area contributed by atoms with Gasteiger partial charge < -0.3 is 4.57 Å². The van der Waals surface area contributed by atoms with Crippen molar-refractivity contribution in [3.8, 4) is 0 Å². The number of para-hydroxylation sites is 2. The summed E-state index contributed by atoms with van der Waals surface area (Å²) in [6.07, 6.45) is 6.81. The number of benzene rings is 2. The van der Waals surface area contributed by atoms with Crippen molar-refractivity contribution in [2.45, 2.75) is 49.1 Å². The zero-order valence-electron chi connectivity index (χ0n) is 13.3. The third-order valence-corrected chi connectivity index (χ3v) is 5.95. The third kappa shape index (κ3) is 3.30. The minimum atomic E-state index is 0.732. The van der Waals surface area contributed by atoms with Crippen molar-refractivity contribution >= 4 is 22.8 Å². The number of hydrogen-bond donors (Lipinski definition) is 0. The van der Waals surface area contributed by atoms with Crippen LogP contribution in [0.15, 0.2) is 59.8 Å². The van der Waals surface area contributed by atoms with E-state index < -0.39 is 0 Å². The Morgan fingerprint density at radius 1 is 0.913 bits per heavy atom. The predicted octanol–water partition coefficient (Wildman–Crippen LogP) is 5.51. The summed E-state index contributed by atoms with van der Waals surface area (Å²) in [7, 11) is 0. The second kappa shape index (κ2) is 6.79. The maximum atomic E-state index is 4.93. The highest BCUT2D eigenvalue weighted by molar-refractivity contribution is 7.99. The standard InChI is InChI=1S/C20H22N2S/c1-3-9-16(10-4-1)15-22-19-14-8-7-13-18(19)21-20(22)23-17-11-5-2-6-12-17/h1,3-4,7-10,13-14,17H,2,5-6,11-12,15H2. The molecule has 0 spiro atoms. The lowest BCUT2D eigenvalue weighted by Gasteiger charge is -2.21. The van der Waals surface area contributed by atoms with E-state index in [9.17, 15) is 0 Å². The molecule has 2 nitrogen and oxygen atoms in total. The summed E-state index contributed by atoms with van der Waals surface area (Å²) in [6, 6.07) is 19.2. The zero-order chi connectivity index (χ0) is 15.5. The molecule has 1 heterocycles. The van der Waals surface area contributed by atoms with E-state index in [-0.39, 0.29) is 0 Å². The smallest absolute Gasteiger partial charge is 0.169 e. The van der Waals surface area contributed by atoms with Crippen molar-refractivity contribution in [3.63, 3.8) is 0 Å². The summed E-state index contributed by atoms with van der Waals surface area (Å²) in [5.41, 5.74) is 3.69. The van der Waals surface area contributed by atoms with E-state index in [2.05, 4.69) is 59.2 Å². The van der Waals surface area contributed by atoms with Crippen molar-refractivity contribution in [2.75, 3.05) is 0 Å². The third-order valence-electron chi connectivity index (χ3n) is 4.63. The second-order valence-electron chi connectivity index (χ2n) is 6.33. The number of aromatic nitrogens is 2. The zero-order valence-corrected chi connectivity index (χ0v) is 14.1. The summed E-state index contributed by atoms with van der Waals surface area (Å²) >= 11 is 1.99. The van der Waals surface area contributed by atoms with Gasteiger partial charge >= 0.3 is 0 Å². The number of thioether (sulfide) groups is 1. The van der Waals surface area contributed by atoms with Crippen molar-refractivity contribution < 1.29 is 0 Å². The van der Waals surface area contributed by atoms with Gasteiger partial charge in [0, 0.05) is 5.25 Å². The highest BCUT2D eigenvalue weighted by Crippen LogP contribution is 2.35. The van der Waals surface area contributed by atoms with Gasteiger partial charge in [-0.3, -0.25) is 0 Å². The number of nitrogens with zero attached hydrogens (tertiary/aromatic N) is 2. The molecule has 0 amide bonds. The molecule has 2 aromatic carbocycles. The summed E-state index contributed by atoms with van der Waals surface area (Å²) in [4.78, 5) is 4.93. The largest absolute Gasteiger partial charge is 0.314 e. The molecule has 0 saturated heterocycles. The van der Waals surface area contributed by atoms with Crippen LogP contribution in [0.4, 0.5) is 0 Å². The molecule has 0 radical (unpaired) electrons. The van der Waals surface area contributed by atoms with Crippen LogP contribution in [-0.4, -0.2) is 14.8 Å². The van der Waals surface area contributed by atoms with E-state index in [1.54, 1.807) is 0 Å². The molecule has 0 atom stereocenters. The van der Waals surface area contributed by atoms with Crippen molar-refractivity contribution in [1.82, 2.24) is 9.55 Å². The van der Waals surface area contributed by atoms with Gasteiger partial charge in [0.2, 0.25) is 0 Å². The Bertz CT molecular complexity index is 773. The second-order valence-corrected chi connectivity index (χ2v) is 7.60. The van der Waals surface area contributed by atoms with Crippen molar-refractivity contribution in [2.24, 2.45) is 0 Å². The molecule has 0 aliphatic heterocycles. The van der Waals surface area contributed by atoms with Gasteiger partial charge in [0.05, 0.1) is 17.6 Å². The summed E-state index contributed by atoms with van der Waals surface area (Å²) in [6.45, 7) is 0.899. The van der Waals surface area contributed by atoms with Crippen LogP contribution in [0.5, 0.6) is 0 Å². The first-order chi connectivity index (χ1) is 11.4. The molecule has 4 rings (SSSR count). The first kappa shape index (κ1) is 14.8. The fraction of sp³-hybridized carbons (Fsp3) is 0.350. The summed E-state index contributed by atoms with van der Waals surface area (Å²) in [5, 5.41) is 1.91. The van der Waals surface area contributed by atoms with Crippen molar-refractivity contribution in [3.05, 3.63) is 60.2 Å². The number of imidazole rings is 1. The van der Waals surface area contributed by atoms with Crippen LogP contribution in [0.2, 0.25) is 0 Å². The van der Waals surface area contributed by atoms with E-state index >= 15 is 0 Å². The van der Waals surface area contributed by atoms with Crippen LogP contribution in [-0.2, 0) is 6.54 Å². The topological polar surface area (TPSA) is 17.8 Å². The molecule has 23 heavy (non-hydrogen) atoms. The van der Waals surface area contributed by atoms with Crippen molar-refractivity contribution in [1.29, 1.82) is 0 Å². The molecule has 1 fully saturated rings. The number of rotatable bonds is 4. The van der Waals surface area contributed by atoms with Gasteiger partial charge in [0.1, 0.15) is 0 Å².